The van der Waals surface area contributed by atoms with Crippen LogP contribution in [0.4, 0.5) is 0 Å². The zero-order chi connectivity index (χ0) is 28.8. The third kappa shape index (κ3) is 3.19. The van der Waals surface area contributed by atoms with Gasteiger partial charge in [-0.1, -0.05) is 42.5 Å². The van der Waals surface area contributed by atoms with Gasteiger partial charge in [0.15, 0.2) is 0 Å². The lowest BCUT2D eigenvalue weighted by molar-refractivity contribution is 0.483. The topological polar surface area (TPSA) is 57.5 Å². The lowest BCUT2D eigenvalue weighted by Crippen LogP contribution is -1.96. The smallest absolute Gasteiger partial charge is 0.145 e. The maximum absolute atomic E-state index is 6.52. The van der Waals surface area contributed by atoms with Gasteiger partial charge in [-0.05, 0) is 72.1 Å². The fourth-order valence-corrected chi connectivity index (χ4v) is 6.85. The molecule has 5 aromatic carbocycles. The van der Waals surface area contributed by atoms with E-state index in [9.17, 15) is 0 Å². The van der Waals surface area contributed by atoms with Gasteiger partial charge in [-0.15, -0.1) is 0 Å². The third-order valence-corrected chi connectivity index (χ3v) is 8.67. The molecular weight excluding hydrogens is 544 g/mol. The molecule has 0 saturated heterocycles. The normalized spacial score (nSPS) is 12.1. The number of fused-ring (bicyclic) bond motifs is 13. The minimum atomic E-state index is 0.739. The van der Waals surface area contributed by atoms with Crippen LogP contribution in [0.15, 0.2) is 138 Å². The number of para-hydroxylation sites is 2. The molecule has 0 radical (unpaired) electrons. The molecule has 206 valence electrons. The number of pyridine rings is 2. The Morgan fingerprint density at radius 2 is 1.36 bits per heavy atom. The van der Waals surface area contributed by atoms with Crippen LogP contribution in [0.2, 0.25) is 0 Å². The van der Waals surface area contributed by atoms with Gasteiger partial charge in [0, 0.05) is 57.0 Å². The largest absolute Gasteiger partial charge is 0.457 e. The zero-order valence-corrected chi connectivity index (χ0v) is 23.3. The summed E-state index contributed by atoms with van der Waals surface area (Å²) >= 11 is 0. The summed E-state index contributed by atoms with van der Waals surface area (Å²) in [7, 11) is 0. The predicted molar refractivity (Wildman–Crippen MR) is 176 cm³/mol. The van der Waals surface area contributed by atoms with Gasteiger partial charge < -0.3 is 9.15 Å². The Morgan fingerprint density at radius 3 is 2.34 bits per heavy atom. The minimum absolute atomic E-state index is 0.739. The molecule has 0 atom stereocenters. The molecule has 0 unspecified atom stereocenters. The van der Waals surface area contributed by atoms with E-state index in [1.54, 1.807) is 0 Å². The van der Waals surface area contributed by atoms with Crippen molar-refractivity contribution in [1.29, 1.82) is 0 Å². The van der Waals surface area contributed by atoms with E-state index in [0.717, 1.165) is 83.0 Å². The summed E-state index contributed by atoms with van der Waals surface area (Å²) in [6, 6.07) is 39.4. The Hall–Kier alpha value is -6.14. The number of aromatic nitrogens is 4. The maximum atomic E-state index is 6.52. The van der Waals surface area contributed by atoms with E-state index in [0.29, 0.717) is 0 Å². The van der Waals surface area contributed by atoms with E-state index in [1.807, 2.05) is 55.0 Å². The molecule has 0 fully saturated rings. The number of benzene rings is 5. The summed E-state index contributed by atoms with van der Waals surface area (Å²) in [6.07, 6.45) is 5.70. The first-order valence-corrected chi connectivity index (χ1v) is 14.6. The molecule has 10 rings (SSSR count). The molecule has 6 nitrogen and oxygen atoms in total. The third-order valence-electron chi connectivity index (χ3n) is 8.67. The monoisotopic (exact) mass is 566 g/mol. The summed E-state index contributed by atoms with van der Waals surface area (Å²) in [6.45, 7) is 0. The first-order valence-electron chi connectivity index (χ1n) is 14.6. The molecular formula is C38H22N4O2. The summed E-state index contributed by atoms with van der Waals surface area (Å²) in [5.74, 6) is 1.49. The standard InChI is InChI=1S/C38H22N4O2/c1-3-12-31-27(9-1)26-15-14-25(22-30(26)37-40-19-20-41(31)37)43-24-8-5-7-23(21-24)42-32-16-17-34-36(28-10-2-4-13-33(28)44-34)35(32)29-11-6-18-39-38(29)42/h1-22H. The van der Waals surface area contributed by atoms with Crippen LogP contribution >= 0.6 is 0 Å². The van der Waals surface area contributed by atoms with Gasteiger partial charge in [-0.3, -0.25) is 8.97 Å². The number of furan rings is 1. The molecule has 0 aliphatic rings. The number of hydrogen-bond acceptors (Lipinski definition) is 4. The van der Waals surface area contributed by atoms with Crippen molar-refractivity contribution in [2.24, 2.45) is 0 Å². The van der Waals surface area contributed by atoms with Gasteiger partial charge in [0.05, 0.1) is 16.7 Å². The number of hydrogen-bond donors (Lipinski definition) is 0. The second-order valence-corrected chi connectivity index (χ2v) is 11.1. The Morgan fingerprint density at radius 1 is 0.523 bits per heavy atom. The van der Waals surface area contributed by atoms with Crippen LogP contribution < -0.4 is 4.74 Å². The molecule has 0 bridgehead atoms. The molecule has 44 heavy (non-hydrogen) atoms. The van der Waals surface area contributed by atoms with Crippen LogP contribution in [0, 0.1) is 0 Å². The Labute approximate surface area is 250 Å². The van der Waals surface area contributed by atoms with E-state index in [-0.39, 0.29) is 0 Å². The highest BCUT2D eigenvalue weighted by Gasteiger charge is 2.19. The molecule has 0 aliphatic carbocycles. The van der Waals surface area contributed by atoms with E-state index in [1.165, 1.54) is 5.39 Å². The number of imidazole rings is 1. The summed E-state index contributed by atoms with van der Waals surface area (Å²) in [4.78, 5) is 9.52. The second-order valence-electron chi connectivity index (χ2n) is 11.1. The Kier molecular flexibility index (Phi) is 4.63. The fourth-order valence-electron chi connectivity index (χ4n) is 6.85. The van der Waals surface area contributed by atoms with Crippen molar-refractivity contribution in [3.8, 4) is 17.2 Å². The fraction of sp³-hybridized carbons (Fsp3) is 0. The summed E-state index contributed by atoms with van der Waals surface area (Å²) in [5, 5.41) is 7.80. The SMILES string of the molecule is c1cc(Oc2ccc3c4ccccc4n4ccnc4c3c2)cc(-n2c3ccc4oc5ccccc5c4c3c3cccnc32)c1. The lowest BCUT2D eigenvalue weighted by Gasteiger charge is -2.12. The second kappa shape index (κ2) is 8.69. The molecule has 0 N–H and O–H groups in total. The number of rotatable bonds is 3. The van der Waals surface area contributed by atoms with Crippen LogP contribution in [0.1, 0.15) is 0 Å². The first kappa shape index (κ1) is 23.4. The van der Waals surface area contributed by atoms with Crippen molar-refractivity contribution in [1.82, 2.24) is 18.9 Å². The molecule has 6 heteroatoms. The van der Waals surface area contributed by atoms with Gasteiger partial charge in [0.2, 0.25) is 0 Å². The zero-order valence-electron chi connectivity index (χ0n) is 23.3. The number of ether oxygens (including phenoxy) is 1. The average Bonchev–Trinajstić information content (AvgIpc) is 3.79. The van der Waals surface area contributed by atoms with Crippen molar-refractivity contribution >= 4 is 71.2 Å². The first-order chi connectivity index (χ1) is 21.8. The van der Waals surface area contributed by atoms with Crippen LogP contribution in [0.5, 0.6) is 11.5 Å². The molecule has 5 heterocycles. The Balaban J connectivity index is 1.14. The van der Waals surface area contributed by atoms with Crippen molar-refractivity contribution in [2.45, 2.75) is 0 Å². The van der Waals surface area contributed by atoms with Crippen LogP contribution in [0.3, 0.4) is 0 Å². The van der Waals surface area contributed by atoms with Crippen LogP contribution in [0.25, 0.3) is 76.9 Å². The molecule has 5 aromatic heterocycles. The number of nitrogens with zero attached hydrogens (tertiary/aromatic N) is 4. The highest BCUT2D eigenvalue weighted by atomic mass is 16.5. The van der Waals surface area contributed by atoms with Gasteiger partial charge in [-0.25, -0.2) is 9.97 Å². The van der Waals surface area contributed by atoms with E-state index in [4.69, 9.17) is 14.1 Å². The molecule has 10 aromatic rings. The molecule has 0 aliphatic heterocycles. The lowest BCUT2D eigenvalue weighted by atomic mass is 10.1. The minimum Gasteiger partial charge on any atom is -0.457 e. The van der Waals surface area contributed by atoms with Crippen molar-refractivity contribution < 1.29 is 9.15 Å². The highest BCUT2D eigenvalue weighted by Crippen LogP contribution is 2.41. The van der Waals surface area contributed by atoms with E-state index in [2.05, 4.69) is 92.8 Å². The summed E-state index contributed by atoms with van der Waals surface area (Å²) < 4.78 is 17.1. The van der Waals surface area contributed by atoms with Crippen molar-refractivity contribution in [3.05, 3.63) is 134 Å². The van der Waals surface area contributed by atoms with Gasteiger partial charge in [-0.2, -0.15) is 0 Å². The van der Waals surface area contributed by atoms with E-state index < -0.39 is 0 Å². The van der Waals surface area contributed by atoms with Gasteiger partial charge >= 0.3 is 0 Å². The maximum Gasteiger partial charge on any atom is 0.145 e. The molecule has 0 amide bonds. The Bertz CT molecular complexity index is 2770. The molecule has 0 saturated carbocycles. The van der Waals surface area contributed by atoms with Crippen molar-refractivity contribution in [3.63, 3.8) is 0 Å². The van der Waals surface area contributed by atoms with Crippen LogP contribution in [-0.4, -0.2) is 18.9 Å². The van der Waals surface area contributed by atoms with Crippen molar-refractivity contribution in [2.75, 3.05) is 0 Å². The van der Waals surface area contributed by atoms with Crippen LogP contribution in [-0.2, 0) is 0 Å². The predicted octanol–water partition coefficient (Wildman–Crippen LogP) is 9.82. The van der Waals surface area contributed by atoms with E-state index >= 15 is 0 Å². The highest BCUT2D eigenvalue weighted by molar-refractivity contribution is 6.27. The molecule has 0 spiro atoms. The van der Waals surface area contributed by atoms with Gasteiger partial charge in [0.1, 0.15) is 34.0 Å². The van der Waals surface area contributed by atoms with Gasteiger partial charge in [0.25, 0.3) is 0 Å². The average molecular weight is 567 g/mol. The quantitative estimate of drug-likeness (QED) is 0.200. The summed E-state index contributed by atoms with van der Waals surface area (Å²) in [5.41, 5.74) is 6.71.